The molecule has 0 aromatic heterocycles. The summed E-state index contributed by atoms with van der Waals surface area (Å²) in [5.41, 5.74) is 0.486. The summed E-state index contributed by atoms with van der Waals surface area (Å²) in [6, 6.07) is 3.27. The molecular weight excluding hydrogens is 258 g/mol. The average Bonchev–Trinajstić information content (AvgIpc) is 2.27. The van der Waals surface area contributed by atoms with Gasteiger partial charge in [0, 0.05) is 0 Å². The highest BCUT2D eigenvalue weighted by atomic mass is 32.2. The van der Waals surface area contributed by atoms with Crippen LogP contribution in [0.5, 0.6) is 5.75 Å². The molecule has 1 aromatic rings. The number of nitrogens with one attached hydrogen (secondary N) is 1. The van der Waals surface area contributed by atoms with Gasteiger partial charge >= 0.3 is 5.97 Å². The Morgan fingerprint density at radius 1 is 1.44 bits per heavy atom. The minimum Gasteiger partial charge on any atom is -0.497 e. The zero-order valence-electron chi connectivity index (χ0n) is 10.3. The quantitative estimate of drug-likeness (QED) is 0.826. The summed E-state index contributed by atoms with van der Waals surface area (Å²) >= 11 is 0. The van der Waals surface area contributed by atoms with E-state index in [0.29, 0.717) is 11.3 Å². The predicted molar refractivity (Wildman–Crippen MR) is 65.2 cm³/mol. The van der Waals surface area contributed by atoms with Crippen LogP contribution in [0, 0.1) is 6.92 Å². The molecule has 0 saturated heterocycles. The summed E-state index contributed by atoms with van der Waals surface area (Å²) in [6.07, 6.45) is 0. The highest BCUT2D eigenvalue weighted by molar-refractivity contribution is 7.89. The standard InChI is InChI=1S/C11H15NO5S/c1-7-6-9(17-3)4-5-10(7)18(15,16)12-8(2)11(13)14/h4-6,8,12H,1-3H3,(H,13,14). The molecule has 0 saturated carbocycles. The number of hydrogen-bond donors (Lipinski definition) is 2. The van der Waals surface area contributed by atoms with E-state index in [1.807, 2.05) is 0 Å². The Balaban J connectivity index is 3.09. The van der Waals surface area contributed by atoms with Crippen molar-refractivity contribution in [1.29, 1.82) is 0 Å². The van der Waals surface area contributed by atoms with Crippen molar-refractivity contribution in [3.8, 4) is 5.75 Å². The summed E-state index contributed by atoms with van der Waals surface area (Å²) in [4.78, 5) is 10.7. The first kappa shape index (κ1) is 14.5. The highest BCUT2D eigenvalue weighted by Gasteiger charge is 2.23. The maximum Gasteiger partial charge on any atom is 0.321 e. The van der Waals surface area contributed by atoms with Gasteiger partial charge in [-0.05, 0) is 37.6 Å². The average molecular weight is 273 g/mol. The third-order valence-electron chi connectivity index (χ3n) is 2.37. The van der Waals surface area contributed by atoms with E-state index >= 15 is 0 Å². The molecule has 0 radical (unpaired) electrons. The molecule has 100 valence electrons. The van der Waals surface area contributed by atoms with Crippen LogP contribution >= 0.6 is 0 Å². The zero-order chi connectivity index (χ0) is 13.9. The van der Waals surface area contributed by atoms with Gasteiger partial charge in [-0.2, -0.15) is 4.72 Å². The number of carbonyl (C=O) groups is 1. The number of sulfonamides is 1. The molecule has 1 atom stereocenters. The number of ether oxygens (including phenoxy) is 1. The fourth-order valence-electron chi connectivity index (χ4n) is 1.40. The number of carboxylic acids is 1. The predicted octanol–water partition coefficient (Wildman–Crippen LogP) is 0.755. The fraction of sp³-hybridized carbons (Fsp3) is 0.364. The van der Waals surface area contributed by atoms with Crippen LogP contribution in [-0.4, -0.2) is 32.6 Å². The second-order valence-corrected chi connectivity index (χ2v) is 5.50. The van der Waals surface area contributed by atoms with Crippen molar-refractivity contribution in [2.24, 2.45) is 0 Å². The van der Waals surface area contributed by atoms with Gasteiger partial charge in [-0.25, -0.2) is 8.42 Å². The molecule has 0 heterocycles. The Kier molecular flexibility index (Phi) is 4.31. The lowest BCUT2D eigenvalue weighted by molar-refractivity contribution is -0.138. The summed E-state index contributed by atoms with van der Waals surface area (Å²) in [7, 11) is -2.37. The Morgan fingerprint density at radius 3 is 2.50 bits per heavy atom. The first-order valence-electron chi connectivity index (χ1n) is 5.17. The van der Waals surface area contributed by atoms with E-state index in [-0.39, 0.29) is 4.90 Å². The van der Waals surface area contributed by atoms with Gasteiger partial charge in [-0.1, -0.05) is 0 Å². The summed E-state index contributed by atoms with van der Waals surface area (Å²) < 4.78 is 31.0. The second-order valence-electron chi connectivity index (χ2n) is 3.81. The molecule has 0 aliphatic rings. The Hall–Kier alpha value is -1.60. The van der Waals surface area contributed by atoms with Gasteiger partial charge < -0.3 is 9.84 Å². The number of benzene rings is 1. The van der Waals surface area contributed by atoms with Crippen molar-refractivity contribution in [1.82, 2.24) is 4.72 Å². The van der Waals surface area contributed by atoms with Crippen molar-refractivity contribution < 1.29 is 23.1 Å². The molecule has 0 aliphatic carbocycles. The maximum absolute atomic E-state index is 12.0. The van der Waals surface area contributed by atoms with Crippen LogP contribution in [0.2, 0.25) is 0 Å². The number of aryl methyl sites for hydroxylation is 1. The first-order valence-corrected chi connectivity index (χ1v) is 6.66. The van der Waals surface area contributed by atoms with Gasteiger partial charge in [0.1, 0.15) is 11.8 Å². The third-order valence-corrected chi connectivity index (χ3v) is 4.07. The minimum absolute atomic E-state index is 0.0383. The van der Waals surface area contributed by atoms with Gasteiger partial charge in [0.2, 0.25) is 10.0 Å². The smallest absolute Gasteiger partial charge is 0.321 e. The van der Waals surface area contributed by atoms with E-state index < -0.39 is 22.0 Å². The normalized spacial score (nSPS) is 13.1. The summed E-state index contributed by atoms with van der Waals surface area (Å²) in [5.74, 6) is -0.692. The Bertz CT molecular complexity index is 553. The van der Waals surface area contributed by atoms with Gasteiger partial charge in [-0.15, -0.1) is 0 Å². The van der Waals surface area contributed by atoms with Gasteiger partial charge in [-0.3, -0.25) is 4.79 Å². The Labute approximate surface area is 106 Å². The van der Waals surface area contributed by atoms with E-state index in [2.05, 4.69) is 4.72 Å². The number of carboxylic acid groups (broad SMARTS) is 1. The van der Waals surface area contributed by atoms with Crippen LogP contribution in [-0.2, 0) is 14.8 Å². The molecule has 0 bridgehead atoms. The van der Waals surface area contributed by atoms with Crippen molar-refractivity contribution in [3.05, 3.63) is 23.8 Å². The molecule has 2 N–H and O–H groups in total. The van der Waals surface area contributed by atoms with Crippen molar-refractivity contribution in [2.45, 2.75) is 24.8 Å². The van der Waals surface area contributed by atoms with Crippen LogP contribution in [0.4, 0.5) is 0 Å². The molecule has 6 nitrogen and oxygen atoms in total. The van der Waals surface area contributed by atoms with E-state index in [9.17, 15) is 13.2 Å². The van der Waals surface area contributed by atoms with E-state index in [4.69, 9.17) is 9.84 Å². The van der Waals surface area contributed by atoms with E-state index in [1.165, 1.54) is 26.2 Å². The molecular formula is C11H15NO5S. The number of methoxy groups -OCH3 is 1. The molecule has 1 aromatic carbocycles. The molecule has 7 heteroatoms. The molecule has 0 amide bonds. The monoisotopic (exact) mass is 273 g/mol. The lowest BCUT2D eigenvalue weighted by Gasteiger charge is -2.12. The molecule has 0 spiro atoms. The Morgan fingerprint density at radius 2 is 2.06 bits per heavy atom. The maximum atomic E-state index is 12.0. The van der Waals surface area contributed by atoms with Crippen molar-refractivity contribution in [3.63, 3.8) is 0 Å². The van der Waals surface area contributed by atoms with Crippen molar-refractivity contribution in [2.75, 3.05) is 7.11 Å². The SMILES string of the molecule is COc1ccc(S(=O)(=O)NC(C)C(=O)O)c(C)c1. The third kappa shape index (κ3) is 3.21. The number of aliphatic carboxylic acids is 1. The van der Waals surface area contributed by atoms with Gasteiger partial charge in [0.25, 0.3) is 0 Å². The number of hydrogen-bond acceptors (Lipinski definition) is 4. The minimum atomic E-state index is -3.85. The summed E-state index contributed by atoms with van der Waals surface area (Å²) in [6.45, 7) is 2.88. The lowest BCUT2D eigenvalue weighted by Crippen LogP contribution is -2.38. The largest absolute Gasteiger partial charge is 0.497 e. The van der Waals surface area contributed by atoms with Gasteiger partial charge in [0.05, 0.1) is 12.0 Å². The van der Waals surface area contributed by atoms with Crippen LogP contribution < -0.4 is 9.46 Å². The van der Waals surface area contributed by atoms with Crippen LogP contribution in [0.3, 0.4) is 0 Å². The van der Waals surface area contributed by atoms with E-state index in [0.717, 1.165) is 0 Å². The van der Waals surface area contributed by atoms with Crippen molar-refractivity contribution >= 4 is 16.0 Å². The van der Waals surface area contributed by atoms with E-state index in [1.54, 1.807) is 13.0 Å². The van der Waals surface area contributed by atoms with Gasteiger partial charge in [0.15, 0.2) is 0 Å². The number of rotatable bonds is 5. The molecule has 1 unspecified atom stereocenters. The molecule has 1 rings (SSSR count). The summed E-state index contributed by atoms with van der Waals surface area (Å²) in [5, 5.41) is 8.70. The molecule has 0 aliphatic heterocycles. The topological polar surface area (TPSA) is 92.7 Å². The molecule has 18 heavy (non-hydrogen) atoms. The lowest BCUT2D eigenvalue weighted by atomic mass is 10.2. The second kappa shape index (κ2) is 5.36. The van der Waals surface area contributed by atoms with Crippen LogP contribution in [0.1, 0.15) is 12.5 Å². The first-order chi connectivity index (χ1) is 8.27. The molecule has 0 fully saturated rings. The highest BCUT2D eigenvalue weighted by Crippen LogP contribution is 2.20. The van der Waals surface area contributed by atoms with Crippen LogP contribution in [0.15, 0.2) is 23.1 Å². The fourth-order valence-corrected chi connectivity index (χ4v) is 2.82. The zero-order valence-corrected chi connectivity index (χ0v) is 11.1. The van der Waals surface area contributed by atoms with Crippen LogP contribution in [0.25, 0.3) is 0 Å².